The molecule has 2 aromatic carbocycles. The molecule has 0 heterocycles. The van der Waals surface area contributed by atoms with Crippen molar-refractivity contribution in [2.45, 2.75) is 0 Å². The highest BCUT2D eigenvalue weighted by molar-refractivity contribution is 14.1. The fourth-order valence-corrected chi connectivity index (χ4v) is 2.55. The van der Waals surface area contributed by atoms with Crippen molar-refractivity contribution in [3.63, 3.8) is 0 Å². The summed E-state index contributed by atoms with van der Waals surface area (Å²) >= 11 is 5.56. The Morgan fingerprint density at radius 1 is 1.33 bits per heavy atom. The van der Waals surface area contributed by atoms with Crippen LogP contribution in [0.5, 0.6) is 5.75 Å². The number of hydrazone groups is 1. The predicted molar refractivity (Wildman–Crippen MR) is 94.9 cm³/mol. The number of ether oxygens (including phenoxy) is 1. The van der Waals surface area contributed by atoms with Gasteiger partial charge < -0.3 is 4.74 Å². The topological polar surface area (TPSA) is 50.7 Å². The molecule has 0 aliphatic carbocycles. The van der Waals surface area contributed by atoms with Crippen molar-refractivity contribution in [3.05, 3.63) is 61.6 Å². The lowest BCUT2D eigenvalue weighted by Crippen LogP contribution is -2.17. The molecular formula is C15H12BrIN2O2. The van der Waals surface area contributed by atoms with E-state index in [4.69, 9.17) is 4.74 Å². The van der Waals surface area contributed by atoms with Gasteiger partial charge in [-0.2, -0.15) is 5.10 Å². The first kappa shape index (κ1) is 16.0. The third kappa shape index (κ3) is 4.28. The van der Waals surface area contributed by atoms with E-state index < -0.39 is 0 Å². The van der Waals surface area contributed by atoms with Crippen molar-refractivity contribution in [1.82, 2.24) is 5.43 Å². The maximum absolute atomic E-state index is 12.0. The molecule has 21 heavy (non-hydrogen) atoms. The van der Waals surface area contributed by atoms with Gasteiger partial charge in [-0.3, -0.25) is 4.79 Å². The molecule has 0 radical (unpaired) electrons. The maximum atomic E-state index is 12.0. The van der Waals surface area contributed by atoms with E-state index in [1.807, 2.05) is 30.3 Å². The molecule has 0 saturated carbocycles. The second-order valence-corrected chi connectivity index (χ2v) is 6.09. The summed E-state index contributed by atoms with van der Waals surface area (Å²) in [6.45, 7) is 0. The Morgan fingerprint density at radius 3 is 2.81 bits per heavy atom. The van der Waals surface area contributed by atoms with Crippen LogP contribution >= 0.6 is 38.5 Å². The summed E-state index contributed by atoms with van der Waals surface area (Å²) in [4.78, 5) is 12.0. The maximum Gasteiger partial charge on any atom is 0.271 e. The summed E-state index contributed by atoms with van der Waals surface area (Å²) in [5, 5.41) is 3.96. The molecule has 0 atom stereocenters. The number of amides is 1. The molecule has 0 saturated heterocycles. The van der Waals surface area contributed by atoms with E-state index in [1.54, 1.807) is 25.5 Å². The highest BCUT2D eigenvalue weighted by Gasteiger charge is 2.08. The van der Waals surface area contributed by atoms with E-state index in [0.29, 0.717) is 11.3 Å². The lowest BCUT2D eigenvalue weighted by molar-refractivity contribution is 0.0955. The van der Waals surface area contributed by atoms with Crippen molar-refractivity contribution in [1.29, 1.82) is 0 Å². The molecule has 0 unspecified atom stereocenters. The molecule has 1 amide bonds. The number of carbonyl (C=O) groups is 1. The first-order valence-electron chi connectivity index (χ1n) is 6.03. The minimum absolute atomic E-state index is 0.284. The van der Waals surface area contributed by atoms with Gasteiger partial charge in [0.05, 0.1) is 16.9 Å². The minimum Gasteiger partial charge on any atom is -0.496 e. The second kappa shape index (κ2) is 7.56. The highest BCUT2D eigenvalue weighted by atomic mass is 127. The zero-order chi connectivity index (χ0) is 15.2. The Kier molecular flexibility index (Phi) is 5.75. The van der Waals surface area contributed by atoms with Crippen molar-refractivity contribution >= 4 is 50.6 Å². The molecule has 1 N–H and O–H groups in total. The van der Waals surface area contributed by atoms with Gasteiger partial charge in [-0.05, 0) is 46.9 Å². The summed E-state index contributed by atoms with van der Waals surface area (Å²) in [5.41, 5.74) is 3.88. The zero-order valence-corrected chi connectivity index (χ0v) is 14.9. The molecule has 0 spiro atoms. The van der Waals surface area contributed by atoms with Gasteiger partial charge in [0.2, 0.25) is 0 Å². The molecule has 108 valence electrons. The molecule has 0 bridgehead atoms. The van der Waals surface area contributed by atoms with Crippen molar-refractivity contribution in [3.8, 4) is 5.75 Å². The zero-order valence-electron chi connectivity index (χ0n) is 11.1. The van der Waals surface area contributed by atoms with Gasteiger partial charge in [0, 0.05) is 15.6 Å². The summed E-state index contributed by atoms with van der Waals surface area (Å²) in [5.74, 6) is 0.381. The van der Waals surface area contributed by atoms with Crippen molar-refractivity contribution in [2.75, 3.05) is 7.11 Å². The number of hydrogen-bond acceptors (Lipinski definition) is 3. The normalized spacial score (nSPS) is 10.6. The van der Waals surface area contributed by atoms with E-state index in [-0.39, 0.29) is 5.91 Å². The molecule has 4 nitrogen and oxygen atoms in total. The molecule has 0 aliphatic rings. The van der Waals surface area contributed by atoms with Crippen LogP contribution < -0.4 is 10.2 Å². The van der Waals surface area contributed by atoms with Gasteiger partial charge in [-0.15, -0.1) is 0 Å². The van der Waals surface area contributed by atoms with E-state index >= 15 is 0 Å². The monoisotopic (exact) mass is 458 g/mol. The average Bonchev–Trinajstić information content (AvgIpc) is 2.49. The molecule has 2 aromatic rings. The molecule has 0 fully saturated rings. The predicted octanol–water partition coefficient (Wildman–Crippen LogP) is 3.83. The molecule has 2 rings (SSSR count). The second-order valence-electron chi connectivity index (χ2n) is 4.07. The van der Waals surface area contributed by atoms with Crippen LogP contribution in [0.25, 0.3) is 0 Å². The van der Waals surface area contributed by atoms with Gasteiger partial charge >= 0.3 is 0 Å². The SMILES string of the molecule is COc1cc(C(=O)N/N=C\c2ccccc2Br)ccc1I. The summed E-state index contributed by atoms with van der Waals surface area (Å²) in [6.07, 6.45) is 1.59. The summed E-state index contributed by atoms with van der Waals surface area (Å²) in [6, 6.07) is 12.9. The van der Waals surface area contributed by atoms with Gasteiger partial charge in [0.25, 0.3) is 5.91 Å². The number of nitrogens with zero attached hydrogens (tertiary/aromatic N) is 1. The highest BCUT2D eigenvalue weighted by Crippen LogP contribution is 2.21. The number of halogens is 2. The third-order valence-electron chi connectivity index (χ3n) is 2.69. The Balaban J connectivity index is 2.07. The number of rotatable bonds is 4. The Morgan fingerprint density at radius 2 is 2.10 bits per heavy atom. The average molecular weight is 459 g/mol. The molecular weight excluding hydrogens is 447 g/mol. The van der Waals surface area contributed by atoms with Crippen LogP contribution in [0.2, 0.25) is 0 Å². The van der Waals surface area contributed by atoms with Gasteiger partial charge in [-0.1, -0.05) is 34.1 Å². The lowest BCUT2D eigenvalue weighted by atomic mass is 10.2. The van der Waals surface area contributed by atoms with Crippen molar-refractivity contribution < 1.29 is 9.53 Å². The minimum atomic E-state index is -0.284. The van der Waals surface area contributed by atoms with Crippen LogP contribution in [0.3, 0.4) is 0 Å². The third-order valence-corrected chi connectivity index (χ3v) is 4.30. The van der Waals surface area contributed by atoms with Crippen LogP contribution in [-0.2, 0) is 0 Å². The lowest BCUT2D eigenvalue weighted by Gasteiger charge is -2.05. The summed E-state index contributed by atoms with van der Waals surface area (Å²) in [7, 11) is 1.57. The number of hydrogen-bond donors (Lipinski definition) is 1. The van der Waals surface area contributed by atoms with E-state index in [1.165, 1.54) is 0 Å². The first-order chi connectivity index (χ1) is 10.1. The van der Waals surface area contributed by atoms with Gasteiger partial charge in [0.15, 0.2) is 0 Å². The van der Waals surface area contributed by atoms with Gasteiger partial charge in [0.1, 0.15) is 5.75 Å². The fourth-order valence-electron chi connectivity index (χ4n) is 1.61. The largest absolute Gasteiger partial charge is 0.496 e. The fraction of sp³-hybridized carbons (Fsp3) is 0.0667. The number of benzene rings is 2. The smallest absolute Gasteiger partial charge is 0.271 e. The molecule has 0 aromatic heterocycles. The summed E-state index contributed by atoms with van der Waals surface area (Å²) < 4.78 is 7.06. The standard InChI is InChI=1S/C15H12BrIN2O2/c1-21-14-8-10(6-7-13(14)17)15(20)19-18-9-11-4-2-3-5-12(11)16/h2-9H,1H3,(H,19,20)/b18-9-. The quantitative estimate of drug-likeness (QED) is 0.430. The van der Waals surface area contributed by atoms with Crippen LogP contribution in [0, 0.1) is 3.57 Å². The number of methoxy groups -OCH3 is 1. The van der Waals surface area contributed by atoms with Crippen LogP contribution in [0.1, 0.15) is 15.9 Å². The molecule has 6 heteroatoms. The Hall–Kier alpha value is -1.41. The van der Waals surface area contributed by atoms with Crippen LogP contribution in [0.4, 0.5) is 0 Å². The van der Waals surface area contributed by atoms with E-state index in [0.717, 1.165) is 13.6 Å². The molecule has 0 aliphatic heterocycles. The van der Waals surface area contributed by atoms with E-state index in [2.05, 4.69) is 49.0 Å². The van der Waals surface area contributed by atoms with E-state index in [9.17, 15) is 4.79 Å². The Labute approximate surface area is 144 Å². The number of carbonyl (C=O) groups excluding carboxylic acids is 1. The van der Waals surface area contributed by atoms with Gasteiger partial charge in [-0.25, -0.2) is 5.43 Å². The Bertz CT molecular complexity index is 689. The van der Waals surface area contributed by atoms with Crippen LogP contribution in [-0.4, -0.2) is 19.2 Å². The van der Waals surface area contributed by atoms with Crippen molar-refractivity contribution in [2.24, 2.45) is 5.10 Å². The number of nitrogens with one attached hydrogen (secondary N) is 1. The van der Waals surface area contributed by atoms with Crippen LogP contribution in [0.15, 0.2) is 52.0 Å². The first-order valence-corrected chi connectivity index (χ1v) is 7.90.